The molecule has 0 bridgehead atoms. The first-order chi connectivity index (χ1) is 8.68. The van der Waals surface area contributed by atoms with E-state index >= 15 is 0 Å². The fourth-order valence-electron chi connectivity index (χ4n) is 1.57. The molecule has 1 amide bonds. The summed E-state index contributed by atoms with van der Waals surface area (Å²) < 4.78 is 0. The lowest BCUT2D eigenvalue weighted by atomic mass is 10.2. The van der Waals surface area contributed by atoms with Crippen molar-refractivity contribution < 1.29 is 9.90 Å². The zero-order chi connectivity index (χ0) is 13.0. The Morgan fingerprint density at radius 3 is 3.00 bits per heavy atom. The summed E-state index contributed by atoms with van der Waals surface area (Å²) in [6.07, 6.45) is 1.88. The number of hydrogen-bond donors (Lipinski definition) is 3. The predicted octanol–water partition coefficient (Wildman–Crippen LogP) is -0.443. The number of rotatable bonds is 4. The third kappa shape index (κ3) is 2.57. The molecule has 0 saturated carbocycles. The number of amides is 1. The molecule has 2 heterocycles. The molecule has 2 aromatic heterocycles. The summed E-state index contributed by atoms with van der Waals surface area (Å²) in [5.41, 5.74) is 8.32. The van der Waals surface area contributed by atoms with E-state index in [1.54, 1.807) is 18.5 Å². The summed E-state index contributed by atoms with van der Waals surface area (Å²) in [7, 11) is 0. The molecule has 0 aliphatic carbocycles. The Labute approximate surface area is 103 Å². The van der Waals surface area contributed by atoms with E-state index < -0.39 is 6.09 Å². The molecule has 0 aliphatic heterocycles. The molecule has 2 rings (SSSR count). The molecule has 0 aromatic carbocycles. The lowest BCUT2D eigenvalue weighted by Gasteiger charge is -2.12. The first kappa shape index (κ1) is 11.9. The van der Waals surface area contributed by atoms with Crippen LogP contribution >= 0.6 is 0 Å². The van der Waals surface area contributed by atoms with Gasteiger partial charge in [0.2, 0.25) is 0 Å². The molecule has 0 fully saturated rings. The largest absolute Gasteiger partial charge is 0.530 e. The van der Waals surface area contributed by atoms with Gasteiger partial charge in [0, 0.05) is 19.3 Å². The van der Waals surface area contributed by atoms with Crippen LogP contribution in [0.3, 0.4) is 0 Å². The van der Waals surface area contributed by atoms with Gasteiger partial charge in [0.05, 0.1) is 23.1 Å². The number of carboxylic acid groups (broad SMARTS) is 1. The first-order valence-corrected chi connectivity index (χ1v) is 5.36. The molecule has 4 N–H and O–H groups in total. The van der Waals surface area contributed by atoms with Crippen molar-refractivity contribution in [2.24, 2.45) is 0 Å². The van der Waals surface area contributed by atoms with Crippen molar-refractivity contribution in [3.05, 3.63) is 24.5 Å². The highest BCUT2D eigenvalue weighted by atomic mass is 16.4. The van der Waals surface area contributed by atoms with E-state index in [0.29, 0.717) is 23.4 Å². The second-order valence-electron chi connectivity index (χ2n) is 3.60. The third-order valence-electron chi connectivity index (χ3n) is 2.35. The Balaban J connectivity index is 2.16. The number of nitrogen functional groups attached to an aromatic ring is 1. The number of carbonyl (C=O) groups is 1. The lowest BCUT2D eigenvalue weighted by molar-refractivity contribution is -0.250. The van der Waals surface area contributed by atoms with E-state index in [-0.39, 0.29) is 6.54 Å². The monoisotopic (exact) mass is 246 g/mol. The van der Waals surface area contributed by atoms with Crippen LogP contribution in [-0.4, -0.2) is 29.2 Å². The quantitative estimate of drug-likeness (QED) is 0.629. The molecule has 94 valence electrons. The second kappa shape index (κ2) is 5.17. The van der Waals surface area contributed by atoms with Gasteiger partial charge < -0.3 is 26.3 Å². The van der Waals surface area contributed by atoms with Crippen LogP contribution in [0.1, 0.15) is 0 Å². The lowest BCUT2D eigenvalue weighted by Crippen LogP contribution is -2.39. The zero-order valence-electron chi connectivity index (χ0n) is 9.51. The van der Waals surface area contributed by atoms with Crippen LogP contribution in [0.15, 0.2) is 24.5 Å². The maximum absolute atomic E-state index is 10.2. The summed E-state index contributed by atoms with van der Waals surface area (Å²) in [6, 6.07) is 3.61. The van der Waals surface area contributed by atoms with Crippen molar-refractivity contribution in [3.63, 3.8) is 0 Å². The van der Waals surface area contributed by atoms with Crippen molar-refractivity contribution in [2.75, 3.05) is 24.1 Å². The highest BCUT2D eigenvalue weighted by Gasteiger charge is 2.06. The summed E-state index contributed by atoms with van der Waals surface area (Å²) >= 11 is 0. The number of pyridine rings is 2. The highest BCUT2D eigenvalue weighted by molar-refractivity contribution is 5.93. The molecule has 7 heteroatoms. The third-order valence-corrected chi connectivity index (χ3v) is 2.35. The fourth-order valence-corrected chi connectivity index (χ4v) is 1.57. The topological polar surface area (TPSA) is 116 Å². The minimum atomic E-state index is -1.30. The van der Waals surface area contributed by atoms with Crippen molar-refractivity contribution in [3.8, 4) is 0 Å². The van der Waals surface area contributed by atoms with Crippen LogP contribution in [0, 0.1) is 0 Å². The first-order valence-electron chi connectivity index (χ1n) is 5.36. The normalized spacial score (nSPS) is 10.2. The van der Waals surface area contributed by atoms with Crippen LogP contribution in [0.2, 0.25) is 0 Å². The highest BCUT2D eigenvalue weighted by Crippen LogP contribution is 2.25. The number of hydrogen-bond acceptors (Lipinski definition) is 6. The Bertz CT molecular complexity index is 572. The van der Waals surface area contributed by atoms with Crippen LogP contribution in [0.5, 0.6) is 0 Å². The van der Waals surface area contributed by atoms with Gasteiger partial charge in [-0.1, -0.05) is 0 Å². The summed E-state index contributed by atoms with van der Waals surface area (Å²) in [6.45, 7) is 0.603. The van der Waals surface area contributed by atoms with Crippen molar-refractivity contribution in [1.82, 2.24) is 15.3 Å². The van der Waals surface area contributed by atoms with Gasteiger partial charge in [-0.05, 0) is 12.1 Å². The number of aromatic nitrogens is 2. The average Bonchev–Trinajstić information content (AvgIpc) is 2.36. The number of fused-ring (bicyclic) bond motifs is 1. The Morgan fingerprint density at radius 2 is 2.22 bits per heavy atom. The summed E-state index contributed by atoms with van der Waals surface area (Å²) in [5.74, 6) is 0. The van der Waals surface area contributed by atoms with Gasteiger partial charge in [-0.25, -0.2) is 0 Å². The number of anilines is 2. The molecule has 18 heavy (non-hydrogen) atoms. The molecule has 0 saturated heterocycles. The minimum Gasteiger partial charge on any atom is -0.530 e. The summed E-state index contributed by atoms with van der Waals surface area (Å²) in [4.78, 5) is 18.5. The van der Waals surface area contributed by atoms with E-state index in [1.807, 2.05) is 6.07 Å². The van der Waals surface area contributed by atoms with Gasteiger partial charge in [-0.2, -0.15) is 0 Å². The maximum Gasteiger partial charge on any atom is 0.134 e. The molecule has 7 nitrogen and oxygen atoms in total. The summed E-state index contributed by atoms with van der Waals surface area (Å²) in [5, 5.41) is 15.4. The van der Waals surface area contributed by atoms with Gasteiger partial charge in [-0.15, -0.1) is 0 Å². The van der Waals surface area contributed by atoms with Crippen molar-refractivity contribution >= 4 is 28.5 Å². The number of nitrogens with two attached hydrogens (primary N) is 1. The smallest absolute Gasteiger partial charge is 0.134 e. The Morgan fingerprint density at radius 1 is 1.39 bits per heavy atom. The number of nitrogens with one attached hydrogen (secondary N) is 2. The van der Waals surface area contributed by atoms with E-state index in [9.17, 15) is 9.90 Å². The average molecular weight is 246 g/mol. The number of nitrogens with zero attached hydrogens (tertiary/aromatic N) is 2. The minimum absolute atomic E-state index is 0.221. The van der Waals surface area contributed by atoms with Gasteiger partial charge >= 0.3 is 0 Å². The number of carbonyl (C=O) groups excluding carboxylic acids is 1. The maximum atomic E-state index is 10.2. The van der Waals surface area contributed by atoms with E-state index in [2.05, 4.69) is 20.6 Å². The zero-order valence-corrected chi connectivity index (χ0v) is 9.51. The van der Waals surface area contributed by atoms with Gasteiger partial charge in [0.25, 0.3) is 0 Å². The molecule has 0 spiro atoms. The standard InChI is InChI=1S/C11H13N5O2/c12-7-6-16-8-2-1-3-13-10(8)9(7)14-4-5-15-11(17)18/h1-3,6,15H,4-5,12H2,(H,14,16)(H,17,18)/p-1. The predicted molar refractivity (Wildman–Crippen MR) is 65.8 cm³/mol. The molecule has 0 unspecified atom stereocenters. The molecule has 2 aromatic rings. The van der Waals surface area contributed by atoms with Gasteiger partial charge in [0.15, 0.2) is 0 Å². The Hall–Kier alpha value is -2.57. The van der Waals surface area contributed by atoms with Gasteiger partial charge in [0.1, 0.15) is 11.6 Å². The Kier molecular flexibility index (Phi) is 3.42. The van der Waals surface area contributed by atoms with Crippen molar-refractivity contribution in [1.29, 1.82) is 0 Å². The van der Waals surface area contributed by atoms with Crippen LogP contribution < -0.4 is 21.5 Å². The van der Waals surface area contributed by atoms with Crippen LogP contribution in [0.25, 0.3) is 11.0 Å². The molecular formula is C11H12N5O2-. The van der Waals surface area contributed by atoms with E-state index in [4.69, 9.17) is 5.73 Å². The van der Waals surface area contributed by atoms with Crippen LogP contribution in [-0.2, 0) is 0 Å². The van der Waals surface area contributed by atoms with E-state index in [0.717, 1.165) is 5.52 Å². The SMILES string of the molecule is Nc1cnc2cccnc2c1NCCNC(=O)[O-]. The van der Waals surface area contributed by atoms with E-state index in [1.165, 1.54) is 0 Å². The van der Waals surface area contributed by atoms with Gasteiger partial charge in [-0.3, -0.25) is 9.97 Å². The fraction of sp³-hybridized carbons (Fsp3) is 0.182. The van der Waals surface area contributed by atoms with Crippen LogP contribution in [0.4, 0.5) is 16.2 Å². The molecule has 0 radical (unpaired) electrons. The molecule has 0 aliphatic rings. The van der Waals surface area contributed by atoms with Crippen molar-refractivity contribution in [2.45, 2.75) is 0 Å². The molecular weight excluding hydrogens is 234 g/mol. The molecule has 0 atom stereocenters. The second-order valence-corrected chi connectivity index (χ2v) is 3.60.